The topological polar surface area (TPSA) is 84.7 Å². The fourth-order valence-corrected chi connectivity index (χ4v) is 2.91. The van der Waals surface area contributed by atoms with E-state index >= 15 is 0 Å². The smallest absolute Gasteiger partial charge is 0.319 e. The fraction of sp³-hybridized carbons (Fsp3) is 0.333. The lowest BCUT2D eigenvalue weighted by Crippen LogP contribution is -2.28. The van der Waals surface area contributed by atoms with E-state index in [0.29, 0.717) is 12.2 Å². The summed E-state index contributed by atoms with van der Waals surface area (Å²) in [6.45, 7) is 6.44. The summed E-state index contributed by atoms with van der Waals surface area (Å²) in [5, 5.41) is 13.6. The number of aryl methyl sites for hydroxylation is 1. The average Bonchev–Trinajstić information content (AvgIpc) is 3.10. The van der Waals surface area contributed by atoms with E-state index in [4.69, 9.17) is 0 Å². The number of urea groups is 1. The highest BCUT2D eigenvalue weighted by molar-refractivity contribution is 7.09. The summed E-state index contributed by atoms with van der Waals surface area (Å²) in [7, 11) is 0. The van der Waals surface area contributed by atoms with Crippen LogP contribution in [0.1, 0.15) is 30.6 Å². The third-order valence-corrected chi connectivity index (χ3v) is 4.21. The molecule has 7 nitrogen and oxygen atoms in total. The molecule has 3 aromatic rings. The Morgan fingerprint density at radius 1 is 1.39 bits per heavy atom. The maximum Gasteiger partial charge on any atom is 0.319 e. The van der Waals surface area contributed by atoms with E-state index < -0.39 is 0 Å². The molecule has 0 saturated heterocycles. The van der Waals surface area contributed by atoms with Crippen molar-refractivity contribution in [2.75, 3.05) is 5.32 Å². The minimum atomic E-state index is -0.282. The van der Waals surface area contributed by atoms with Crippen LogP contribution in [-0.2, 0) is 6.54 Å². The number of nitrogens with one attached hydrogen (secondary N) is 2. The predicted octanol–water partition coefficient (Wildman–Crippen LogP) is 3.10. The minimum Gasteiger partial charge on any atom is -0.331 e. The second kappa shape index (κ2) is 6.33. The van der Waals surface area contributed by atoms with Crippen molar-refractivity contribution < 1.29 is 4.79 Å². The zero-order valence-electron chi connectivity index (χ0n) is 13.2. The number of carbonyl (C=O) groups excluding carboxylic acids is 1. The predicted molar refractivity (Wildman–Crippen MR) is 90.6 cm³/mol. The standard InChI is InChI=1S/C15H18N6OS/c1-9(2)21-14-11(5-18-21)4-12(6-16-14)20-15(22)17-7-13-19-10(3)8-23-13/h4-6,8-9H,7H2,1-3H3,(H2,17,20,22). The molecule has 0 bridgehead atoms. The summed E-state index contributed by atoms with van der Waals surface area (Å²) in [5.41, 5.74) is 2.40. The summed E-state index contributed by atoms with van der Waals surface area (Å²) < 4.78 is 1.85. The van der Waals surface area contributed by atoms with Gasteiger partial charge in [-0.3, -0.25) is 0 Å². The van der Waals surface area contributed by atoms with Gasteiger partial charge in [-0.15, -0.1) is 11.3 Å². The molecule has 0 unspecified atom stereocenters. The van der Waals surface area contributed by atoms with E-state index in [-0.39, 0.29) is 12.1 Å². The molecule has 2 amide bonds. The number of rotatable bonds is 4. The van der Waals surface area contributed by atoms with Crippen LogP contribution in [0.2, 0.25) is 0 Å². The van der Waals surface area contributed by atoms with Crippen LogP contribution in [0.3, 0.4) is 0 Å². The van der Waals surface area contributed by atoms with Crippen molar-refractivity contribution in [3.8, 4) is 0 Å². The SMILES string of the molecule is Cc1csc(CNC(=O)Nc2cnc3c(cnn3C(C)C)c2)n1. The van der Waals surface area contributed by atoms with Gasteiger partial charge in [-0.2, -0.15) is 5.10 Å². The maximum atomic E-state index is 11.9. The number of pyridine rings is 1. The van der Waals surface area contributed by atoms with Gasteiger partial charge in [0.25, 0.3) is 0 Å². The lowest BCUT2D eigenvalue weighted by Gasteiger charge is -2.08. The number of thiazole rings is 1. The Labute approximate surface area is 137 Å². The van der Waals surface area contributed by atoms with Gasteiger partial charge in [0.2, 0.25) is 0 Å². The van der Waals surface area contributed by atoms with E-state index in [2.05, 4.69) is 25.7 Å². The van der Waals surface area contributed by atoms with Crippen molar-refractivity contribution in [3.05, 3.63) is 34.5 Å². The Morgan fingerprint density at radius 2 is 2.22 bits per heavy atom. The second-order valence-corrected chi connectivity index (χ2v) is 6.45. The van der Waals surface area contributed by atoms with Crippen molar-refractivity contribution >= 4 is 34.1 Å². The largest absolute Gasteiger partial charge is 0.331 e. The number of anilines is 1. The van der Waals surface area contributed by atoms with Crippen molar-refractivity contribution in [2.24, 2.45) is 0 Å². The monoisotopic (exact) mass is 330 g/mol. The molecule has 3 aromatic heterocycles. The molecule has 2 N–H and O–H groups in total. The Balaban J connectivity index is 1.65. The number of fused-ring (bicyclic) bond motifs is 1. The molecule has 8 heteroatoms. The van der Waals surface area contributed by atoms with E-state index in [1.165, 1.54) is 11.3 Å². The highest BCUT2D eigenvalue weighted by Gasteiger charge is 2.09. The molecule has 0 fully saturated rings. The molecular weight excluding hydrogens is 312 g/mol. The average molecular weight is 330 g/mol. The first-order valence-corrected chi connectivity index (χ1v) is 8.20. The maximum absolute atomic E-state index is 11.9. The summed E-state index contributed by atoms with van der Waals surface area (Å²) in [6, 6.07) is 1.82. The van der Waals surface area contributed by atoms with Crippen LogP contribution in [0.25, 0.3) is 11.0 Å². The van der Waals surface area contributed by atoms with Gasteiger partial charge >= 0.3 is 6.03 Å². The van der Waals surface area contributed by atoms with E-state index in [1.807, 2.05) is 36.9 Å². The molecule has 120 valence electrons. The van der Waals surface area contributed by atoms with Crippen LogP contribution in [0.5, 0.6) is 0 Å². The molecule has 3 heterocycles. The highest BCUT2D eigenvalue weighted by atomic mass is 32.1. The summed E-state index contributed by atoms with van der Waals surface area (Å²) in [6.07, 6.45) is 3.39. The zero-order valence-corrected chi connectivity index (χ0v) is 14.0. The lowest BCUT2D eigenvalue weighted by molar-refractivity contribution is 0.251. The van der Waals surface area contributed by atoms with Gasteiger partial charge in [0.15, 0.2) is 5.65 Å². The van der Waals surface area contributed by atoms with Gasteiger partial charge in [-0.25, -0.2) is 19.4 Å². The Kier molecular flexibility index (Phi) is 4.24. The third-order valence-electron chi connectivity index (χ3n) is 3.25. The lowest BCUT2D eigenvalue weighted by atomic mass is 10.3. The molecule has 23 heavy (non-hydrogen) atoms. The molecule has 0 aliphatic rings. The molecule has 0 saturated carbocycles. The van der Waals surface area contributed by atoms with Gasteiger partial charge in [0.05, 0.1) is 24.6 Å². The van der Waals surface area contributed by atoms with E-state index in [9.17, 15) is 4.79 Å². The van der Waals surface area contributed by atoms with Gasteiger partial charge in [-0.1, -0.05) is 0 Å². The first-order chi connectivity index (χ1) is 11.0. The van der Waals surface area contributed by atoms with Crippen LogP contribution in [0.4, 0.5) is 10.5 Å². The Bertz CT molecular complexity index is 837. The normalized spacial score (nSPS) is 11.1. The quantitative estimate of drug-likeness (QED) is 0.770. The summed E-state index contributed by atoms with van der Waals surface area (Å²) in [4.78, 5) is 20.6. The molecule has 0 aromatic carbocycles. The molecular formula is C15H18N6OS. The number of hydrogen-bond acceptors (Lipinski definition) is 5. The van der Waals surface area contributed by atoms with Crippen LogP contribution in [0.15, 0.2) is 23.8 Å². The number of amides is 2. The van der Waals surface area contributed by atoms with Gasteiger partial charge in [-0.05, 0) is 26.8 Å². The summed E-state index contributed by atoms with van der Waals surface area (Å²) >= 11 is 1.53. The van der Waals surface area contributed by atoms with Crippen LogP contribution in [0, 0.1) is 6.92 Å². The minimum absolute atomic E-state index is 0.240. The molecule has 0 spiro atoms. The van der Waals surface area contributed by atoms with Crippen molar-refractivity contribution in [2.45, 2.75) is 33.4 Å². The first kappa shape index (κ1) is 15.4. The molecule has 3 rings (SSSR count). The Morgan fingerprint density at radius 3 is 2.91 bits per heavy atom. The Hall–Kier alpha value is -2.48. The van der Waals surface area contributed by atoms with Crippen LogP contribution < -0.4 is 10.6 Å². The number of nitrogens with zero attached hydrogens (tertiary/aromatic N) is 4. The zero-order chi connectivity index (χ0) is 16.4. The second-order valence-electron chi connectivity index (χ2n) is 5.51. The van der Waals surface area contributed by atoms with E-state index in [1.54, 1.807) is 12.4 Å². The van der Waals surface area contributed by atoms with Crippen LogP contribution in [-0.4, -0.2) is 25.8 Å². The summed E-state index contributed by atoms with van der Waals surface area (Å²) in [5.74, 6) is 0. The number of carbonyl (C=O) groups is 1. The van der Waals surface area contributed by atoms with Gasteiger partial charge < -0.3 is 10.6 Å². The highest BCUT2D eigenvalue weighted by Crippen LogP contribution is 2.19. The molecule has 0 atom stereocenters. The number of hydrogen-bond donors (Lipinski definition) is 2. The third kappa shape index (κ3) is 3.48. The van der Waals surface area contributed by atoms with Crippen molar-refractivity contribution in [1.29, 1.82) is 0 Å². The van der Waals surface area contributed by atoms with E-state index in [0.717, 1.165) is 21.7 Å². The van der Waals surface area contributed by atoms with Gasteiger partial charge in [0.1, 0.15) is 5.01 Å². The number of aromatic nitrogens is 4. The first-order valence-electron chi connectivity index (χ1n) is 7.32. The van der Waals surface area contributed by atoms with Crippen molar-refractivity contribution in [1.82, 2.24) is 25.1 Å². The van der Waals surface area contributed by atoms with Crippen LogP contribution >= 0.6 is 11.3 Å². The molecule has 0 radical (unpaired) electrons. The fourth-order valence-electron chi connectivity index (χ4n) is 2.20. The van der Waals surface area contributed by atoms with Crippen molar-refractivity contribution in [3.63, 3.8) is 0 Å². The van der Waals surface area contributed by atoms with Gasteiger partial charge in [0, 0.05) is 22.5 Å². The molecule has 0 aliphatic heterocycles. The molecule has 0 aliphatic carbocycles.